The summed E-state index contributed by atoms with van der Waals surface area (Å²) in [5, 5.41) is 2.76. The number of hydrogen-bond donors (Lipinski definition) is 1. The van der Waals surface area contributed by atoms with Gasteiger partial charge in [0, 0.05) is 33.2 Å². The molecule has 2 aliphatic rings. The van der Waals surface area contributed by atoms with E-state index in [0.717, 1.165) is 13.0 Å². The van der Waals surface area contributed by atoms with Crippen molar-refractivity contribution in [3.05, 3.63) is 11.6 Å². The van der Waals surface area contributed by atoms with Gasteiger partial charge in [0.1, 0.15) is 0 Å². The number of nitrogens with one attached hydrogen (secondary N) is 1. The second kappa shape index (κ2) is 6.00. The minimum Gasteiger partial charge on any atom is -0.380 e. The van der Waals surface area contributed by atoms with Crippen molar-refractivity contribution in [2.24, 2.45) is 5.92 Å². The minimum absolute atomic E-state index is 0.0416. The summed E-state index contributed by atoms with van der Waals surface area (Å²) >= 11 is 0. The van der Waals surface area contributed by atoms with Gasteiger partial charge < -0.3 is 15.0 Å². The molecule has 0 aliphatic carbocycles. The van der Waals surface area contributed by atoms with E-state index in [-0.39, 0.29) is 17.7 Å². The van der Waals surface area contributed by atoms with Crippen LogP contribution in [0.25, 0.3) is 0 Å². The van der Waals surface area contributed by atoms with Gasteiger partial charge in [-0.25, -0.2) is 0 Å². The second-order valence-electron chi connectivity index (χ2n) is 4.87. The monoisotopic (exact) mass is 252 g/mol. The highest BCUT2D eigenvalue weighted by atomic mass is 16.5. The van der Waals surface area contributed by atoms with Crippen LogP contribution in [-0.4, -0.2) is 50.1 Å². The zero-order valence-corrected chi connectivity index (χ0v) is 10.8. The first-order chi connectivity index (χ1) is 8.70. The molecular weight excluding hydrogens is 232 g/mol. The molecule has 5 nitrogen and oxygen atoms in total. The Balaban J connectivity index is 1.85. The molecule has 0 bridgehead atoms. The Morgan fingerprint density at radius 2 is 2.39 bits per heavy atom. The smallest absolute Gasteiger partial charge is 0.227 e. The van der Waals surface area contributed by atoms with Gasteiger partial charge in [-0.3, -0.25) is 9.59 Å². The van der Waals surface area contributed by atoms with Crippen molar-refractivity contribution < 1.29 is 14.3 Å². The first kappa shape index (κ1) is 13.1. The van der Waals surface area contributed by atoms with Gasteiger partial charge in [-0.1, -0.05) is 6.08 Å². The first-order valence-electron chi connectivity index (χ1n) is 6.43. The normalized spacial score (nSPS) is 24.5. The molecule has 2 heterocycles. The van der Waals surface area contributed by atoms with Crippen molar-refractivity contribution in [1.29, 1.82) is 0 Å². The van der Waals surface area contributed by atoms with Crippen LogP contribution >= 0.6 is 0 Å². The van der Waals surface area contributed by atoms with E-state index in [1.165, 1.54) is 5.57 Å². The molecule has 100 valence electrons. The number of methoxy groups -OCH3 is 1. The Labute approximate surface area is 107 Å². The van der Waals surface area contributed by atoms with Crippen LogP contribution in [0.1, 0.15) is 19.3 Å². The van der Waals surface area contributed by atoms with Crippen LogP contribution in [0.2, 0.25) is 0 Å². The molecule has 1 N–H and O–H groups in total. The third-order valence-electron chi connectivity index (χ3n) is 3.56. The topological polar surface area (TPSA) is 58.6 Å². The molecule has 5 heteroatoms. The van der Waals surface area contributed by atoms with Crippen LogP contribution in [0.4, 0.5) is 0 Å². The molecule has 2 amide bonds. The van der Waals surface area contributed by atoms with Crippen molar-refractivity contribution in [2.45, 2.75) is 19.3 Å². The Hall–Kier alpha value is -1.36. The SMILES string of the molecule is COCC1=CCN(C(=O)C2CCC(=O)NC2)CC1. The van der Waals surface area contributed by atoms with Gasteiger partial charge in [-0.15, -0.1) is 0 Å². The fraction of sp³-hybridized carbons (Fsp3) is 0.692. The lowest BCUT2D eigenvalue weighted by Gasteiger charge is -2.31. The maximum absolute atomic E-state index is 12.2. The van der Waals surface area contributed by atoms with Crippen molar-refractivity contribution in [3.63, 3.8) is 0 Å². The lowest BCUT2D eigenvalue weighted by atomic mass is 9.96. The van der Waals surface area contributed by atoms with Crippen LogP contribution in [0.5, 0.6) is 0 Å². The largest absolute Gasteiger partial charge is 0.380 e. The van der Waals surface area contributed by atoms with E-state index in [1.54, 1.807) is 7.11 Å². The zero-order valence-electron chi connectivity index (χ0n) is 10.8. The van der Waals surface area contributed by atoms with Gasteiger partial charge in [0.15, 0.2) is 0 Å². The molecule has 1 fully saturated rings. The molecule has 0 radical (unpaired) electrons. The molecule has 2 rings (SSSR count). The van der Waals surface area contributed by atoms with Gasteiger partial charge in [-0.05, 0) is 18.4 Å². The van der Waals surface area contributed by atoms with E-state index in [9.17, 15) is 9.59 Å². The predicted octanol–water partition coefficient (Wildman–Crippen LogP) is 0.318. The quantitative estimate of drug-likeness (QED) is 0.736. The van der Waals surface area contributed by atoms with Gasteiger partial charge >= 0.3 is 0 Å². The molecule has 0 aromatic carbocycles. The maximum Gasteiger partial charge on any atom is 0.227 e. The number of carbonyl (C=O) groups is 2. The molecule has 2 aliphatic heterocycles. The number of carbonyl (C=O) groups excluding carboxylic acids is 2. The Bertz CT molecular complexity index is 355. The maximum atomic E-state index is 12.2. The number of nitrogens with zero attached hydrogens (tertiary/aromatic N) is 1. The lowest BCUT2D eigenvalue weighted by molar-refractivity contribution is -0.137. The lowest BCUT2D eigenvalue weighted by Crippen LogP contribution is -2.46. The average Bonchev–Trinajstić information content (AvgIpc) is 2.40. The Kier molecular flexibility index (Phi) is 4.36. The minimum atomic E-state index is -0.0416. The highest BCUT2D eigenvalue weighted by Gasteiger charge is 2.28. The summed E-state index contributed by atoms with van der Waals surface area (Å²) in [5.41, 5.74) is 1.26. The van der Waals surface area contributed by atoms with Crippen molar-refractivity contribution in [3.8, 4) is 0 Å². The fourth-order valence-electron chi connectivity index (χ4n) is 2.43. The molecule has 0 spiro atoms. The molecule has 0 saturated carbocycles. The summed E-state index contributed by atoms with van der Waals surface area (Å²) in [5.74, 6) is 0.183. The molecule has 0 aromatic rings. The van der Waals surface area contributed by atoms with Crippen LogP contribution in [0, 0.1) is 5.92 Å². The van der Waals surface area contributed by atoms with Gasteiger partial charge in [0.05, 0.1) is 12.5 Å². The van der Waals surface area contributed by atoms with Crippen LogP contribution in [-0.2, 0) is 14.3 Å². The standard InChI is InChI=1S/C13H20N2O3/c1-18-9-10-4-6-15(7-5-10)13(17)11-2-3-12(16)14-8-11/h4,11H,2-3,5-9H2,1H3,(H,14,16). The predicted molar refractivity (Wildman–Crippen MR) is 66.9 cm³/mol. The number of amides is 2. The third-order valence-corrected chi connectivity index (χ3v) is 3.56. The average molecular weight is 252 g/mol. The van der Waals surface area contributed by atoms with Crippen LogP contribution in [0.3, 0.4) is 0 Å². The van der Waals surface area contributed by atoms with Crippen LogP contribution < -0.4 is 5.32 Å². The molecule has 1 saturated heterocycles. The van der Waals surface area contributed by atoms with E-state index >= 15 is 0 Å². The summed E-state index contributed by atoms with van der Waals surface area (Å²) in [6, 6.07) is 0. The summed E-state index contributed by atoms with van der Waals surface area (Å²) < 4.78 is 5.09. The van der Waals surface area contributed by atoms with Crippen molar-refractivity contribution in [1.82, 2.24) is 10.2 Å². The molecule has 0 aromatic heterocycles. The second-order valence-corrected chi connectivity index (χ2v) is 4.87. The van der Waals surface area contributed by atoms with E-state index in [1.807, 2.05) is 4.90 Å². The molecule has 1 atom stereocenters. The molecule has 1 unspecified atom stereocenters. The molecule has 18 heavy (non-hydrogen) atoms. The third kappa shape index (κ3) is 3.10. The van der Waals surface area contributed by atoms with Crippen LogP contribution in [0.15, 0.2) is 11.6 Å². The van der Waals surface area contributed by atoms with Gasteiger partial charge in [0.2, 0.25) is 11.8 Å². The molecular formula is C13H20N2O3. The van der Waals surface area contributed by atoms with E-state index in [2.05, 4.69) is 11.4 Å². The first-order valence-corrected chi connectivity index (χ1v) is 6.43. The van der Waals surface area contributed by atoms with Crippen molar-refractivity contribution in [2.75, 3.05) is 33.4 Å². The number of hydrogen-bond acceptors (Lipinski definition) is 3. The highest BCUT2D eigenvalue weighted by molar-refractivity contribution is 5.84. The van der Waals surface area contributed by atoms with Gasteiger partial charge in [-0.2, -0.15) is 0 Å². The number of piperidine rings is 1. The number of rotatable bonds is 3. The Morgan fingerprint density at radius 1 is 1.56 bits per heavy atom. The van der Waals surface area contributed by atoms with E-state index in [0.29, 0.717) is 32.5 Å². The fourth-order valence-corrected chi connectivity index (χ4v) is 2.43. The summed E-state index contributed by atoms with van der Waals surface area (Å²) in [7, 11) is 1.68. The van der Waals surface area contributed by atoms with Crippen molar-refractivity contribution >= 4 is 11.8 Å². The summed E-state index contributed by atoms with van der Waals surface area (Å²) in [4.78, 5) is 25.2. The zero-order chi connectivity index (χ0) is 13.0. The van der Waals surface area contributed by atoms with E-state index < -0.39 is 0 Å². The summed E-state index contributed by atoms with van der Waals surface area (Å²) in [6.45, 7) is 2.57. The van der Waals surface area contributed by atoms with Gasteiger partial charge in [0.25, 0.3) is 0 Å². The summed E-state index contributed by atoms with van der Waals surface area (Å²) in [6.07, 6.45) is 4.11. The highest BCUT2D eigenvalue weighted by Crippen LogP contribution is 2.18. The number of ether oxygens (including phenoxy) is 1. The van der Waals surface area contributed by atoms with E-state index in [4.69, 9.17) is 4.74 Å². The Morgan fingerprint density at radius 3 is 2.94 bits per heavy atom.